The fraction of sp³-hybridized carbons (Fsp3) is 0.231. The van der Waals surface area contributed by atoms with Crippen molar-refractivity contribution < 1.29 is 26.7 Å². The first-order chi connectivity index (χ1) is 10.7. The van der Waals surface area contributed by atoms with Crippen LogP contribution in [0.15, 0.2) is 10.7 Å². The molecule has 0 spiro atoms. The van der Waals surface area contributed by atoms with Gasteiger partial charge in [0.05, 0.1) is 16.4 Å². The van der Waals surface area contributed by atoms with Gasteiger partial charge in [-0.05, 0) is 29.8 Å². The minimum absolute atomic E-state index is 0.546. The van der Waals surface area contributed by atoms with Crippen molar-refractivity contribution in [3.05, 3.63) is 45.4 Å². The number of carbonyl (C=O) groups is 1. The second kappa shape index (κ2) is 6.26. The number of benzene rings is 1. The average molecular weight is 398 g/mol. The molecule has 0 fully saturated rings. The SMILES string of the molecule is Cc1c(Br)cnn1[C@@H](C)C(=O)Nc1c(F)c(F)c(F)c(F)c1F. The number of carbonyl (C=O) groups excluding carboxylic acids is 1. The summed E-state index contributed by atoms with van der Waals surface area (Å²) in [5.74, 6) is -11.8. The number of nitrogens with one attached hydrogen (secondary N) is 1. The molecule has 0 radical (unpaired) electrons. The van der Waals surface area contributed by atoms with E-state index in [4.69, 9.17) is 0 Å². The maximum absolute atomic E-state index is 13.5. The normalized spacial score (nSPS) is 12.3. The Morgan fingerprint density at radius 1 is 1.13 bits per heavy atom. The molecule has 1 amide bonds. The molecule has 23 heavy (non-hydrogen) atoms. The topological polar surface area (TPSA) is 46.9 Å². The molecular formula is C13H9BrF5N3O. The Morgan fingerprint density at radius 3 is 2.04 bits per heavy atom. The van der Waals surface area contributed by atoms with Crippen molar-refractivity contribution >= 4 is 27.5 Å². The third-order valence-corrected chi connectivity index (χ3v) is 3.97. The first-order valence-electron chi connectivity index (χ1n) is 6.18. The van der Waals surface area contributed by atoms with Gasteiger partial charge in [-0.25, -0.2) is 22.0 Å². The molecule has 1 aromatic carbocycles. The number of halogens is 6. The van der Waals surface area contributed by atoms with Gasteiger partial charge in [0.1, 0.15) is 11.7 Å². The van der Waals surface area contributed by atoms with Gasteiger partial charge in [-0.2, -0.15) is 5.10 Å². The number of hydrogen-bond donors (Lipinski definition) is 1. The van der Waals surface area contributed by atoms with E-state index in [0.29, 0.717) is 10.2 Å². The number of nitrogens with zero attached hydrogens (tertiary/aromatic N) is 2. The van der Waals surface area contributed by atoms with Gasteiger partial charge in [0.25, 0.3) is 0 Å². The summed E-state index contributed by atoms with van der Waals surface area (Å²) in [5.41, 5.74) is -0.854. The molecule has 10 heteroatoms. The summed E-state index contributed by atoms with van der Waals surface area (Å²) in [4.78, 5) is 12.0. The molecule has 4 nitrogen and oxygen atoms in total. The predicted octanol–water partition coefficient (Wildman–Crippen LogP) is 3.85. The van der Waals surface area contributed by atoms with E-state index in [1.807, 2.05) is 0 Å². The highest BCUT2D eigenvalue weighted by atomic mass is 79.9. The third-order valence-electron chi connectivity index (χ3n) is 3.19. The lowest BCUT2D eigenvalue weighted by Gasteiger charge is -2.16. The van der Waals surface area contributed by atoms with Gasteiger partial charge >= 0.3 is 0 Å². The summed E-state index contributed by atoms with van der Waals surface area (Å²) >= 11 is 3.17. The Hall–Kier alpha value is -1.97. The van der Waals surface area contributed by atoms with Crippen molar-refractivity contribution in [3.63, 3.8) is 0 Å². The van der Waals surface area contributed by atoms with Crippen molar-refractivity contribution in [1.82, 2.24) is 9.78 Å². The lowest BCUT2D eigenvalue weighted by molar-refractivity contribution is -0.119. The maximum atomic E-state index is 13.5. The number of anilines is 1. The lowest BCUT2D eigenvalue weighted by Crippen LogP contribution is -2.26. The van der Waals surface area contributed by atoms with Crippen LogP contribution in [0.4, 0.5) is 27.6 Å². The van der Waals surface area contributed by atoms with Crippen molar-refractivity contribution in [2.75, 3.05) is 5.32 Å². The molecule has 1 heterocycles. The molecule has 0 aliphatic carbocycles. The Balaban J connectivity index is 2.36. The van der Waals surface area contributed by atoms with E-state index in [0.717, 1.165) is 0 Å². The zero-order valence-electron chi connectivity index (χ0n) is 11.7. The fourth-order valence-corrected chi connectivity index (χ4v) is 2.12. The van der Waals surface area contributed by atoms with Crippen LogP contribution >= 0.6 is 15.9 Å². The number of aromatic nitrogens is 2. The molecule has 1 N–H and O–H groups in total. The van der Waals surface area contributed by atoms with Crippen LogP contribution in [-0.2, 0) is 4.79 Å². The molecule has 0 aliphatic rings. The first kappa shape index (κ1) is 17.4. The second-order valence-corrected chi connectivity index (χ2v) is 5.49. The van der Waals surface area contributed by atoms with Crippen molar-refractivity contribution in [2.24, 2.45) is 0 Å². The van der Waals surface area contributed by atoms with Crippen LogP contribution in [0.2, 0.25) is 0 Å². The smallest absolute Gasteiger partial charge is 0.249 e. The summed E-state index contributed by atoms with van der Waals surface area (Å²) in [6.07, 6.45) is 1.40. The molecule has 0 aliphatic heterocycles. The average Bonchev–Trinajstić information content (AvgIpc) is 2.86. The van der Waals surface area contributed by atoms with Gasteiger partial charge in [-0.1, -0.05) is 0 Å². The standard InChI is InChI=1S/C13H9BrF5N3O/c1-4-6(14)3-20-22(4)5(2)13(23)21-12-10(18)8(16)7(15)9(17)11(12)19/h3,5H,1-2H3,(H,21,23)/t5-/m0/s1. The summed E-state index contributed by atoms with van der Waals surface area (Å²) in [5, 5.41) is 5.60. The van der Waals surface area contributed by atoms with Crippen LogP contribution in [0.25, 0.3) is 0 Å². The van der Waals surface area contributed by atoms with E-state index >= 15 is 0 Å². The van der Waals surface area contributed by atoms with Gasteiger partial charge < -0.3 is 5.32 Å². The van der Waals surface area contributed by atoms with Crippen LogP contribution in [0.1, 0.15) is 18.7 Å². The molecule has 0 saturated carbocycles. The summed E-state index contributed by atoms with van der Waals surface area (Å²) < 4.78 is 68.1. The maximum Gasteiger partial charge on any atom is 0.249 e. The monoisotopic (exact) mass is 397 g/mol. The molecule has 0 saturated heterocycles. The van der Waals surface area contributed by atoms with E-state index in [9.17, 15) is 26.7 Å². The van der Waals surface area contributed by atoms with E-state index in [1.54, 1.807) is 12.2 Å². The number of rotatable bonds is 3. The molecule has 0 bridgehead atoms. The molecule has 1 atom stereocenters. The number of hydrogen-bond acceptors (Lipinski definition) is 2. The number of amides is 1. The van der Waals surface area contributed by atoms with Crippen molar-refractivity contribution in [3.8, 4) is 0 Å². The van der Waals surface area contributed by atoms with E-state index in [2.05, 4.69) is 21.0 Å². The molecule has 124 valence electrons. The largest absolute Gasteiger partial charge is 0.319 e. The molecule has 1 aromatic heterocycles. The zero-order chi connectivity index (χ0) is 17.5. The lowest BCUT2D eigenvalue weighted by atomic mass is 10.2. The first-order valence-corrected chi connectivity index (χ1v) is 6.98. The fourth-order valence-electron chi connectivity index (χ4n) is 1.85. The highest BCUT2D eigenvalue weighted by Gasteiger charge is 2.28. The van der Waals surface area contributed by atoms with Crippen molar-refractivity contribution in [2.45, 2.75) is 19.9 Å². The minimum atomic E-state index is -2.29. The van der Waals surface area contributed by atoms with E-state index in [1.165, 1.54) is 17.8 Å². The Labute approximate surface area is 135 Å². The Morgan fingerprint density at radius 2 is 1.61 bits per heavy atom. The second-order valence-electron chi connectivity index (χ2n) is 4.63. The van der Waals surface area contributed by atoms with Crippen LogP contribution < -0.4 is 5.32 Å². The van der Waals surface area contributed by atoms with Gasteiger partial charge in [0.2, 0.25) is 11.7 Å². The van der Waals surface area contributed by atoms with Crippen LogP contribution in [0, 0.1) is 36.0 Å². The van der Waals surface area contributed by atoms with Gasteiger partial charge in [-0.3, -0.25) is 9.48 Å². The quantitative estimate of drug-likeness (QED) is 0.485. The van der Waals surface area contributed by atoms with Crippen LogP contribution in [0.3, 0.4) is 0 Å². The third kappa shape index (κ3) is 2.94. The summed E-state index contributed by atoms with van der Waals surface area (Å²) in [7, 11) is 0. The van der Waals surface area contributed by atoms with Crippen molar-refractivity contribution in [1.29, 1.82) is 0 Å². The highest BCUT2D eigenvalue weighted by Crippen LogP contribution is 2.28. The Kier molecular flexibility index (Phi) is 4.73. The molecular weight excluding hydrogens is 389 g/mol. The molecule has 2 aromatic rings. The molecule has 2 rings (SSSR count). The Bertz CT molecular complexity index is 763. The van der Waals surface area contributed by atoms with E-state index < -0.39 is 46.7 Å². The highest BCUT2D eigenvalue weighted by molar-refractivity contribution is 9.10. The van der Waals surface area contributed by atoms with Crippen LogP contribution in [-0.4, -0.2) is 15.7 Å². The minimum Gasteiger partial charge on any atom is -0.319 e. The van der Waals surface area contributed by atoms with Crippen LogP contribution in [0.5, 0.6) is 0 Å². The van der Waals surface area contributed by atoms with Gasteiger partial charge in [0, 0.05) is 0 Å². The van der Waals surface area contributed by atoms with Gasteiger partial charge in [-0.15, -0.1) is 0 Å². The van der Waals surface area contributed by atoms with E-state index in [-0.39, 0.29) is 0 Å². The predicted molar refractivity (Wildman–Crippen MR) is 74.2 cm³/mol. The summed E-state index contributed by atoms with van der Waals surface area (Å²) in [6, 6.07) is -1.05. The zero-order valence-corrected chi connectivity index (χ0v) is 13.3. The molecule has 0 unspecified atom stereocenters. The van der Waals surface area contributed by atoms with Gasteiger partial charge in [0.15, 0.2) is 23.3 Å². The summed E-state index contributed by atoms with van der Waals surface area (Å²) in [6.45, 7) is 2.98.